The van der Waals surface area contributed by atoms with E-state index in [0.717, 1.165) is 24.1 Å². The van der Waals surface area contributed by atoms with Crippen molar-refractivity contribution in [2.24, 2.45) is 11.7 Å². The summed E-state index contributed by atoms with van der Waals surface area (Å²) in [5, 5.41) is 3.03. The number of nitrogens with one attached hydrogen (secondary N) is 1. The molecule has 0 aliphatic carbocycles. The minimum absolute atomic E-state index is 0.0827. The van der Waals surface area contributed by atoms with Gasteiger partial charge in [-0.3, -0.25) is 4.79 Å². The Morgan fingerprint density at radius 3 is 2.78 bits per heavy atom. The monoisotopic (exact) mass is 248 g/mol. The third kappa shape index (κ3) is 4.15. The van der Waals surface area contributed by atoms with E-state index in [-0.39, 0.29) is 5.91 Å². The van der Waals surface area contributed by atoms with Crippen LogP contribution in [-0.2, 0) is 11.2 Å². The van der Waals surface area contributed by atoms with E-state index in [1.807, 2.05) is 19.1 Å². The molecule has 1 aromatic carbocycles. The first-order valence-corrected chi connectivity index (χ1v) is 6.66. The number of aryl methyl sites for hydroxylation is 2. The Kier molecular flexibility index (Phi) is 5.86. The van der Waals surface area contributed by atoms with Crippen molar-refractivity contribution in [3.8, 4) is 0 Å². The van der Waals surface area contributed by atoms with Gasteiger partial charge in [-0.05, 0) is 43.4 Å². The standard InChI is InChI=1S/C15H24N2O/c1-4-13-7-5-6-12(3)15(13)17-14(18)9-8-11(2)10-16/h5-7,11H,4,8-10,16H2,1-3H3,(H,17,18). The number of nitrogens with two attached hydrogens (primary N) is 1. The SMILES string of the molecule is CCc1cccc(C)c1NC(=O)CCC(C)CN. The van der Waals surface area contributed by atoms with Crippen molar-refractivity contribution in [3.63, 3.8) is 0 Å². The zero-order valence-corrected chi connectivity index (χ0v) is 11.6. The number of para-hydroxylation sites is 1. The Balaban J connectivity index is 2.64. The number of hydrogen-bond acceptors (Lipinski definition) is 2. The van der Waals surface area contributed by atoms with Crippen LogP contribution >= 0.6 is 0 Å². The van der Waals surface area contributed by atoms with Gasteiger partial charge in [0.2, 0.25) is 5.91 Å². The molecule has 1 unspecified atom stereocenters. The van der Waals surface area contributed by atoms with E-state index >= 15 is 0 Å². The van der Waals surface area contributed by atoms with Gasteiger partial charge in [0.1, 0.15) is 0 Å². The van der Waals surface area contributed by atoms with Crippen molar-refractivity contribution >= 4 is 11.6 Å². The number of carbonyl (C=O) groups is 1. The molecule has 0 radical (unpaired) electrons. The van der Waals surface area contributed by atoms with Gasteiger partial charge in [-0.2, -0.15) is 0 Å². The molecular weight excluding hydrogens is 224 g/mol. The maximum absolute atomic E-state index is 11.9. The highest BCUT2D eigenvalue weighted by atomic mass is 16.1. The molecule has 0 heterocycles. The van der Waals surface area contributed by atoms with Gasteiger partial charge in [0, 0.05) is 12.1 Å². The molecule has 3 heteroatoms. The van der Waals surface area contributed by atoms with Crippen molar-refractivity contribution in [3.05, 3.63) is 29.3 Å². The minimum atomic E-state index is 0.0827. The fourth-order valence-corrected chi connectivity index (χ4v) is 1.90. The van der Waals surface area contributed by atoms with Gasteiger partial charge in [-0.15, -0.1) is 0 Å². The lowest BCUT2D eigenvalue weighted by molar-refractivity contribution is -0.116. The molecule has 100 valence electrons. The number of benzene rings is 1. The van der Waals surface area contributed by atoms with E-state index in [9.17, 15) is 4.79 Å². The molecule has 0 fully saturated rings. The second-order valence-corrected chi connectivity index (χ2v) is 4.89. The normalized spacial score (nSPS) is 12.2. The van der Waals surface area contributed by atoms with Crippen LogP contribution in [0.15, 0.2) is 18.2 Å². The third-order valence-electron chi connectivity index (χ3n) is 3.27. The zero-order chi connectivity index (χ0) is 13.5. The van der Waals surface area contributed by atoms with Gasteiger partial charge in [0.05, 0.1) is 0 Å². The molecule has 3 nitrogen and oxygen atoms in total. The van der Waals surface area contributed by atoms with E-state index in [1.54, 1.807) is 0 Å². The summed E-state index contributed by atoms with van der Waals surface area (Å²) in [7, 11) is 0. The molecule has 0 spiro atoms. The first-order chi connectivity index (χ1) is 8.58. The molecule has 1 rings (SSSR count). The second kappa shape index (κ2) is 7.17. The maximum Gasteiger partial charge on any atom is 0.224 e. The fourth-order valence-electron chi connectivity index (χ4n) is 1.90. The predicted molar refractivity (Wildman–Crippen MR) is 76.6 cm³/mol. The Morgan fingerprint density at radius 1 is 1.44 bits per heavy atom. The lowest BCUT2D eigenvalue weighted by atomic mass is 10.0. The van der Waals surface area contributed by atoms with Crippen LogP contribution in [0.5, 0.6) is 0 Å². The van der Waals surface area contributed by atoms with E-state index in [2.05, 4.69) is 25.2 Å². The molecule has 1 atom stereocenters. The first-order valence-electron chi connectivity index (χ1n) is 6.66. The molecule has 0 bridgehead atoms. The van der Waals surface area contributed by atoms with Crippen molar-refractivity contribution in [2.45, 2.75) is 40.0 Å². The summed E-state index contributed by atoms with van der Waals surface area (Å²) >= 11 is 0. The van der Waals surface area contributed by atoms with Crippen molar-refractivity contribution < 1.29 is 4.79 Å². The van der Waals surface area contributed by atoms with Gasteiger partial charge < -0.3 is 11.1 Å². The van der Waals surface area contributed by atoms with E-state index in [4.69, 9.17) is 5.73 Å². The predicted octanol–water partition coefficient (Wildman–Crippen LogP) is 2.87. The molecule has 18 heavy (non-hydrogen) atoms. The molecule has 0 aromatic heterocycles. The summed E-state index contributed by atoms with van der Waals surface area (Å²) in [5.41, 5.74) is 8.84. The smallest absolute Gasteiger partial charge is 0.224 e. The van der Waals surface area contributed by atoms with Crippen LogP contribution in [0.3, 0.4) is 0 Å². The molecular formula is C15H24N2O. The van der Waals surface area contributed by atoms with Crippen molar-refractivity contribution in [2.75, 3.05) is 11.9 Å². The van der Waals surface area contributed by atoms with Gasteiger partial charge in [0.15, 0.2) is 0 Å². The summed E-state index contributed by atoms with van der Waals surface area (Å²) in [5.74, 6) is 0.484. The molecule has 0 saturated heterocycles. The topological polar surface area (TPSA) is 55.1 Å². The molecule has 1 aromatic rings. The first kappa shape index (κ1) is 14.7. The lowest BCUT2D eigenvalue weighted by Gasteiger charge is -2.14. The highest BCUT2D eigenvalue weighted by Gasteiger charge is 2.09. The largest absolute Gasteiger partial charge is 0.330 e. The van der Waals surface area contributed by atoms with Crippen LogP contribution in [0.2, 0.25) is 0 Å². The van der Waals surface area contributed by atoms with Crippen LogP contribution in [0, 0.1) is 12.8 Å². The van der Waals surface area contributed by atoms with Crippen LogP contribution in [-0.4, -0.2) is 12.5 Å². The summed E-state index contributed by atoms with van der Waals surface area (Å²) in [4.78, 5) is 11.9. The van der Waals surface area contributed by atoms with Gasteiger partial charge in [-0.25, -0.2) is 0 Å². The van der Waals surface area contributed by atoms with Crippen molar-refractivity contribution in [1.29, 1.82) is 0 Å². The summed E-state index contributed by atoms with van der Waals surface area (Å²) in [6, 6.07) is 6.11. The van der Waals surface area contributed by atoms with Gasteiger partial charge in [0.25, 0.3) is 0 Å². The molecule has 1 amide bonds. The molecule has 0 aliphatic rings. The average molecular weight is 248 g/mol. The van der Waals surface area contributed by atoms with E-state index in [0.29, 0.717) is 18.9 Å². The van der Waals surface area contributed by atoms with E-state index < -0.39 is 0 Å². The summed E-state index contributed by atoms with van der Waals surface area (Å²) < 4.78 is 0. The Labute approximate surface area is 110 Å². The summed E-state index contributed by atoms with van der Waals surface area (Å²) in [6.45, 7) is 6.83. The number of anilines is 1. The van der Waals surface area contributed by atoms with Crippen LogP contribution in [0.1, 0.15) is 37.8 Å². The van der Waals surface area contributed by atoms with Crippen LogP contribution in [0.25, 0.3) is 0 Å². The molecule has 0 saturated carbocycles. The number of hydrogen-bond donors (Lipinski definition) is 2. The molecule has 3 N–H and O–H groups in total. The lowest BCUT2D eigenvalue weighted by Crippen LogP contribution is -2.17. The van der Waals surface area contributed by atoms with Crippen LogP contribution < -0.4 is 11.1 Å². The maximum atomic E-state index is 11.9. The Hall–Kier alpha value is -1.35. The van der Waals surface area contributed by atoms with Gasteiger partial charge in [-0.1, -0.05) is 32.0 Å². The van der Waals surface area contributed by atoms with Crippen molar-refractivity contribution in [1.82, 2.24) is 0 Å². The Bertz CT molecular complexity index is 401. The number of carbonyl (C=O) groups excluding carboxylic acids is 1. The van der Waals surface area contributed by atoms with E-state index in [1.165, 1.54) is 5.56 Å². The zero-order valence-electron chi connectivity index (χ0n) is 11.6. The number of amides is 1. The highest BCUT2D eigenvalue weighted by Crippen LogP contribution is 2.21. The second-order valence-electron chi connectivity index (χ2n) is 4.89. The number of rotatable bonds is 6. The molecule has 0 aliphatic heterocycles. The van der Waals surface area contributed by atoms with Gasteiger partial charge >= 0.3 is 0 Å². The Morgan fingerprint density at radius 2 is 2.17 bits per heavy atom. The minimum Gasteiger partial charge on any atom is -0.330 e. The van der Waals surface area contributed by atoms with Crippen LogP contribution in [0.4, 0.5) is 5.69 Å². The average Bonchev–Trinajstić information content (AvgIpc) is 2.38. The summed E-state index contributed by atoms with van der Waals surface area (Å²) in [6.07, 6.45) is 2.31. The third-order valence-corrected chi connectivity index (χ3v) is 3.27. The highest BCUT2D eigenvalue weighted by molar-refractivity contribution is 5.92. The fraction of sp³-hybridized carbons (Fsp3) is 0.533. The quantitative estimate of drug-likeness (QED) is 0.813.